The average molecular weight is 269 g/mol. The van der Waals surface area contributed by atoms with E-state index in [1.165, 1.54) is 0 Å². The first kappa shape index (κ1) is 12.0. The second-order valence-corrected chi connectivity index (χ2v) is 4.40. The monoisotopic (exact) mass is 268 g/mol. The number of nitrogen functional groups attached to an aromatic ring is 1. The second kappa shape index (κ2) is 4.39. The highest BCUT2D eigenvalue weighted by atomic mass is 35.5. The van der Waals surface area contributed by atoms with Gasteiger partial charge in [0, 0.05) is 11.8 Å². The van der Waals surface area contributed by atoms with Crippen LogP contribution in [0.3, 0.4) is 0 Å². The van der Waals surface area contributed by atoms with Crippen LogP contribution in [-0.2, 0) is 0 Å². The Kier molecular flexibility index (Phi) is 3.09. The van der Waals surface area contributed by atoms with Crippen LogP contribution in [0.1, 0.15) is 11.3 Å². The lowest BCUT2D eigenvalue weighted by Gasteiger charge is -2.05. The molecule has 0 spiro atoms. The van der Waals surface area contributed by atoms with E-state index in [2.05, 4.69) is 5.10 Å². The largest absolute Gasteiger partial charge is 0.384 e. The molecule has 0 aliphatic heterocycles. The molecule has 0 amide bonds. The van der Waals surface area contributed by atoms with Crippen molar-refractivity contribution in [2.75, 3.05) is 0 Å². The predicted molar refractivity (Wildman–Crippen MR) is 69.3 cm³/mol. The van der Waals surface area contributed by atoms with Crippen molar-refractivity contribution in [1.82, 2.24) is 9.78 Å². The summed E-state index contributed by atoms with van der Waals surface area (Å²) in [5, 5.41) is 12.6. The van der Waals surface area contributed by atoms with Crippen LogP contribution in [0.25, 0.3) is 5.69 Å². The highest BCUT2D eigenvalue weighted by Gasteiger charge is 2.08. The van der Waals surface area contributed by atoms with Crippen molar-refractivity contribution in [2.45, 2.75) is 6.92 Å². The van der Waals surface area contributed by atoms with Crippen molar-refractivity contribution in [3.63, 3.8) is 0 Å². The maximum Gasteiger partial charge on any atom is 0.124 e. The molecular weight excluding hydrogens is 259 g/mol. The molecule has 0 saturated heterocycles. The van der Waals surface area contributed by atoms with Gasteiger partial charge >= 0.3 is 0 Å². The fraction of sp³-hybridized carbons (Fsp3) is 0.0909. The molecule has 0 aliphatic carbocycles. The zero-order chi connectivity index (χ0) is 12.6. The van der Waals surface area contributed by atoms with Crippen LogP contribution in [0.15, 0.2) is 24.4 Å². The van der Waals surface area contributed by atoms with E-state index in [1.54, 1.807) is 29.1 Å². The number of nitrogens with one attached hydrogen (secondary N) is 1. The Labute approximate surface area is 108 Å². The minimum Gasteiger partial charge on any atom is -0.384 e. The molecule has 0 saturated carbocycles. The molecule has 1 aromatic carbocycles. The van der Waals surface area contributed by atoms with E-state index in [4.69, 9.17) is 34.3 Å². The number of halogens is 2. The zero-order valence-corrected chi connectivity index (χ0v) is 10.5. The van der Waals surface area contributed by atoms with Gasteiger partial charge in [-0.3, -0.25) is 5.41 Å². The van der Waals surface area contributed by atoms with Crippen LogP contribution >= 0.6 is 23.2 Å². The number of rotatable bonds is 2. The molecular formula is C11H10Cl2N4. The van der Waals surface area contributed by atoms with Gasteiger partial charge in [0.05, 0.1) is 21.4 Å². The molecule has 1 aromatic heterocycles. The molecule has 2 rings (SSSR count). The van der Waals surface area contributed by atoms with Gasteiger partial charge in [-0.05, 0) is 25.1 Å². The number of hydrogen-bond donors (Lipinski definition) is 2. The van der Waals surface area contributed by atoms with E-state index in [9.17, 15) is 0 Å². The van der Waals surface area contributed by atoms with Gasteiger partial charge in [-0.25, -0.2) is 4.68 Å². The summed E-state index contributed by atoms with van der Waals surface area (Å²) in [6, 6.07) is 5.16. The molecule has 0 atom stereocenters. The third-order valence-electron chi connectivity index (χ3n) is 2.35. The lowest BCUT2D eigenvalue weighted by atomic mass is 10.2. The predicted octanol–water partition coefficient (Wildman–Crippen LogP) is 2.77. The SMILES string of the molecule is Cc1nn(-c2ccc(C(=N)N)c(Cl)c2)cc1Cl. The molecule has 17 heavy (non-hydrogen) atoms. The maximum absolute atomic E-state index is 7.34. The maximum atomic E-state index is 7.34. The van der Waals surface area contributed by atoms with E-state index in [-0.39, 0.29) is 5.84 Å². The van der Waals surface area contributed by atoms with Gasteiger partial charge < -0.3 is 5.73 Å². The third-order valence-corrected chi connectivity index (χ3v) is 3.03. The molecule has 1 heterocycles. The number of benzene rings is 1. The number of nitrogens with zero attached hydrogens (tertiary/aromatic N) is 2. The molecule has 4 nitrogen and oxygen atoms in total. The first-order chi connectivity index (χ1) is 7.99. The number of hydrogen-bond acceptors (Lipinski definition) is 2. The first-order valence-electron chi connectivity index (χ1n) is 4.85. The van der Waals surface area contributed by atoms with Gasteiger partial charge in [0.25, 0.3) is 0 Å². The van der Waals surface area contributed by atoms with Crippen LogP contribution in [0.2, 0.25) is 10.0 Å². The van der Waals surface area contributed by atoms with Crippen LogP contribution in [-0.4, -0.2) is 15.6 Å². The second-order valence-electron chi connectivity index (χ2n) is 3.58. The number of aromatic nitrogens is 2. The Balaban J connectivity index is 2.47. The third kappa shape index (κ3) is 2.28. The van der Waals surface area contributed by atoms with Crippen LogP contribution < -0.4 is 5.73 Å². The lowest BCUT2D eigenvalue weighted by Crippen LogP contribution is -2.11. The van der Waals surface area contributed by atoms with Crippen LogP contribution in [0, 0.1) is 12.3 Å². The Hall–Kier alpha value is -1.52. The van der Waals surface area contributed by atoms with Gasteiger partial charge in [-0.1, -0.05) is 23.2 Å². The molecule has 6 heteroatoms. The molecule has 88 valence electrons. The Morgan fingerprint density at radius 1 is 1.35 bits per heavy atom. The summed E-state index contributed by atoms with van der Waals surface area (Å²) >= 11 is 12.0. The molecule has 2 aromatic rings. The van der Waals surface area contributed by atoms with Crippen molar-refractivity contribution in [1.29, 1.82) is 5.41 Å². The minimum atomic E-state index is -0.0590. The molecule has 0 bridgehead atoms. The van der Waals surface area contributed by atoms with Crippen molar-refractivity contribution in [3.8, 4) is 5.69 Å². The molecule has 0 radical (unpaired) electrons. The first-order valence-corrected chi connectivity index (χ1v) is 5.60. The Morgan fingerprint density at radius 2 is 2.06 bits per heavy atom. The normalized spacial score (nSPS) is 10.5. The van der Waals surface area contributed by atoms with Gasteiger partial charge in [0.1, 0.15) is 5.84 Å². The fourth-order valence-electron chi connectivity index (χ4n) is 1.44. The molecule has 0 fully saturated rings. The van der Waals surface area contributed by atoms with Gasteiger partial charge in [-0.15, -0.1) is 0 Å². The Bertz CT molecular complexity index is 570. The highest BCUT2D eigenvalue weighted by molar-refractivity contribution is 6.34. The quantitative estimate of drug-likeness (QED) is 0.650. The van der Waals surface area contributed by atoms with E-state index in [1.807, 2.05) is 6.92 Å². The van der Waals surface area contributed by atoms with Crippen molar-refractivity contribution < 1.29 is 0 Å². The minimum absolute atomic E-state index is 0.0590. The van der Waals surface area contributed by atoms with Gasteiger partial charge in [0.15, 0.2) is 0 Å². The Morgan fingerprint density at radius 3 is 2.53 bits per heavy atom. The summed E-state index contributed by atoms with van der Waals surface area (Å²) in [5.74, 6) is -0.0590. The smallest absolute Gasteiger partial charge is 0.124 e. The summed E-state index contributed by atoms with van der Waals surface area (Å²) in [5.41, 5.74) is 7.41. The van der Waals surface area contributed by atoms with Crippen LogP contribution in [0.5, 0.6) is 0 Å². The fourth-order valence-corrected chi connectivity index (χ4v) is 1.84. The highest BCUT2D eigenvalue weighted by Crippen LogP contribution is 2.21. The molecule has 0 aliphatic rings. The van der Waals surface area contributed by atoms with Gasteiger partial charge in [-0.2, -0.15) is 5.10 Å². The number of amidine groups is 1. The standard InChI is InChI=1S/C11H10Cl2N4/c1-6-10(13)5-17(16-6)7-2-3-8(11(14)15)9(12)4-7/h2-5H,1H3,(H3,14,15). The average Bonchev–Trinajstić information content (AvgIpc) is 2.58. The van der Waals surface area contributed by atoms with Crippen LogP contribution in [0.4, 0.5) is 0 Å². The van der Waals surface area contributed by atoms with Crippen molar-refractivity contribution >= 4 is 29.0 Å². The molecule has 3 N–H and O–H groups in total. The topological polar surface area (TPSA) is 67.7 Å². The van der Waals surface area contributed by atoms with Gasteiger partial charge in [0.2, 0.25) is 0 Å². The van der Waals surface area contributed by atoms with Crippen molar-refractivity contribution in [3.05, 3.63) is 45.7 Å². The summed E-state index contributed by atoms with van der Waals surface area (Å²) in [6.07, 6.45) is 1.70. The summed E-state index contributed by atoms with van der Waals surface area (Å²) < 4.78 is 1.63. The van der Waals surface area contributed by atoms with E-state index in [0.717, 1.165) is 11.4 Å². The summed E-state index contributed by atoms with van der Waals surface area (Å²) in [7, 11) is 0. The van der Waals surface area contributed by atoms with E-state index in [0.29, 0.717) is 15.6 Å². The number of aryl methyl sites for hydroxylation is 1. The lowest BCUT2D eigenvalue weighted by molar-refractivity contribution is 0.862. The molecule has 0 unspecified atom stereocenters. The van der Waals surface area contributed by atoms with Crippen molar-refractivity contribution in [2.24, 2.45) is 5.73 Å². The van der Waals surface area contributed by atoms with E-state index >= 15 is 0 Å². The zero-order valence-electron chi connectivity index (χ0n) is 9.04. The summed E-state index contributed by atoms with van der Waals surface area (Å²) in [6.45, 7) is 1.82. The van der Waals surface area contributed by atoms with E-state index < -0.39 is 0 Å². The number of nitrogens with two attached hydrogens (primary N) is 1. The summed E-state index contributed by atoms with van der Waals surface area (Å²) in [4.78, 5) is 0.